The summed E-state index contributed by atoms with van der Waals surface area (Å²) in [6.45, 7) is 23.3. The Kier molecular flexibility index (Phi) is 16.7. The van der Waals surface area contributed by atoms with Crippen LogP contribution in [0.1, 0.15) is 25.0 Å². The first-order valence-corrected chi connectivity index (χ1v) is 8.96. The van der Waals surface area contributed by atoms with Gasteiger partial charge in [0, 0.05) is 23.4 Å². The molecule has 2 heterocycles. The van der Waals surface area contributed by atoms with Crippen molar-refractivity contribution in [3.8, 4) is 0 Å². The number of fused-ring (bicyclic) bond motifs is 1. The summed E-state index contributed by atoms with van der Waals surface area (Å²) in [7, 11) is 0. The quantitative estimate of drug-likeness (QED) is 0.274. The molecule has 2 aliphatic rings. The molecule has 0 bridgehead atoms. The first-order valence-electron chi connectivity index (χ1n) is 8.96. The van der Waals surface area contributed by atoms with E-state index >= 15 is 0 Å². The maximum absolute atomic E-state index is 11.7. The van der Waals surface area contributed by atoms with Crippen molar-refractivity contribution in [3.63, 3.8) is 0 Å². The Bertz CT molecular complexity index is 741. The number of hydrogen-bond donors (Lipinski definition) is 0. The Hall–Kier alpha value is -1.98. The zero-order chi connectivity index (χ0) is 24.0. The summed E-state index contributed by atoms with van der Waals surface area (Å²) in [5.74, 6) is -1.31. The molecule has 0 saturated carbocycles. The summed E-state index contributed by atoms with van der Waals surface area (Å²) in [5.41, 5.74) is 2.19. The van der Waals surface area contributed by atoms with Crippen LogP contribution in [0.15, 0.2) is 36.9 Å². The number of esters is 1. The van der Waals surface area contributed by atoms with Crippen LogP contribution in [0.25, 0.3) is 0 Å². The summed E-state index contributed by atoms with van der Waals surface area (Å²) >= 11 is 0. The van der Waals surface area contributed by atoms with Crippen LogP contribution < -0.4 is 0 Å². The molecule has 1 aromatic rings. The molecular formula is C22H24CrO9. The Morgan fingerprint density at radius 1 is 1.16 bits per heavy atom. The molecule has 2 fully saturated rings. The normalized spacial score (nSPS) is 24.0. The second-order valence-electron chi connectivity index (χ2n) is 6.74. The van der Waals surface area contributed by atoms with E-state index in [4.69, 9.17) is 37.6 Å². The number of benzene rings is 1. The monoisotopic (exact) mass is 484 g/mol. The van der Waals surface area contributed by atoms with E-state index < -0.39 is 30.3 Å². The van der Waals surface area contributed by atoms with Crippen molar-refractivity contribution in [1.82, 2.24) is 0 Å². The van der Waals surface area contributed by atoms with E-state index in [-0.39, 0.29) is 23.5 Å². The Morgan fingerprint density at radius 3 is 2.25 bits per heavy atom. The number of rotatable bonds is 5. The summed E-state index contributed by atoms with van der Waals surface area (Å²) < 4.78 is 51.3. The van der Waals surface area contributed by atoms with Gasteiger partial charge in [0.1, 0.15) is 12.2 Å². The molecule has 0 amide bonds. The predicted octanol–water partition coefficient (Wildman–Crippen LogP) is 2.37. The molecule has 4 atom stereocenters. The molecule has 0 aromatic heterocycles. The Labute approximate surface area is 198 Å². The van der Waals surface area contributed by atoms with Gasteiger partial charge in [-0.05, 0) is 26.3 Å². The van der Waals surface area contributed by atoms with E-state index in [9.17, 15) is 4.79 Å². The van der Waals surface area contributed by atoms with Gasteiger partial charge in [0.25, 0.3) is 0 Å². The predicted molar refractivity (Wildman–Crippen MR) is 101 cm³/mol. The van der Waals surface area contributed by atoms with Crippen molar-refractivity contribution in [2.75, 3.05) is 6.61 Å². The van der Waals surface area contributed by atoms with Crippen molar-refractivity contribution < 1.29 is 59.8 Å². The minimum absolute atomic E-state index is 0. The molecule has 3 rings (SSSR count). The zero-order valence-corrected chi connectivity index (χ0v) is 19.2. The fourth-order valence-electron chi connectivity index (χ4n) is 3.02. The van der Waals surface area contributed by atoms with Gasteiger partial charge in [-0.2, -0.15) is 0 Å². The second kappa shape index (κ2) is 16.6. The van der Waals surface area contributed by atoms with Crippen LogP contribution in [-0.2, 0) is 66.4 Å². The van der Waals surface area contributed by atoms with E-state index in [0.717, 1.165) is 11.6 Å². The number of aryl methyl sites for hydroxylation is 1. The summed E-state index contributed by atoms with van der Waals surface area (Å²) in [6.07, 6.45) is -1.10. The summed E-state index contributed by atoms with van der Waals surface area (Å²) in [6, 6.07) is 8.01. The van der Waals surface area contributed by atoms with Gasteiger partial charge in [-0.3, -0.25) is 0 Å². The topological polar surface area (TPSA) is 123 Å². The van der Waals surface area contributed by atoms with Crippen molar-refractivity contribution in [2.24, 2.45) is 0 Å². The maximum atomic E-state index is 11.7. The maximum Gasteiger partial charge on any atom is 0 e. The third-order valence-corrected chi connectivity index (χ3v) is 4.19. The number of ether oxygens (including phenoxy) is 5. The van der Waals surface area contributed by atoms with Crippen molar-refractivity contribution in [1.29, 1.82) is 0 Å². The van der Waals surface area contributed by atoms with Gasteiger partial charge < -0.3 is 23.7 Å². The average Bonchev–Trinajstić information content (AvgIpc) is 3.12. The Morgan fingerprint density at radius 2 is 1.72 bits per heavy atom. The van der Waals surface area contributed by atoms with Crippen LogP contribution in [0.5, 0.6) is 0 Å². The summed E-state index contributed by atoms with van der Waals surface area (Å²) in [5, 5.41) is 0. The molecule has 2 aliphatic heterocycles. The van der Waals surface area contributed by atoms with Crippen molar-refractivity contribution in [3.05, 3.63) is 68.0 Å². The third kappa shape index (κ3) is 9.66. The first-order chi connectivity index (χ1) is 14.9. The fourth-order valence-corrected chi connectivity index (χ4v) is 3.02. The van der Waals surface area contributed by atoms with Gasteiger partial charge >= 0.3 is 39.9 Å². The number of hydrogen-bond acceptors (Lipinski definition) is 6. The van der Waals surface area contributed by atoms with Gasteiger partial charge in [-0.1, -0.05) is 36.4 Å². The molecular weight excluding hydrogens is 460 g/mol. The van der Waals surface area contributed by atoms with Crippen LogP contribution in [0, 0.1) is 26.9 Å². The zero-order valence-electron chi connectivity index (χ0n) is 17.9. The van der Waals surface area contributed by atoms with Gasteiger partial charge in [-0.25, -0.2) is 4.79 Å². The molecule has 2 saturated heterocycles. The Balaban J connectivity index is 0. The van der Waals surface area contributed by atoms with E-state index in [1.54, 1.807) is 0 Å². The standard InChI is InChI=1S/C19H24O6.3CO.Cr/c1-5-15(20)23-17-16-14(24-19(3,4)25-16)11-22-18(17)21-10-13-8-6-12(2)7-9-13;3*1-2;/h5-9,14,16-18H,1,10-11H2,2-4H3;;;;/t14-,16-,17+,18-;;;;/m0..../s1. The molecule has 32 heavy (non-hydrogen) atoms. The van der Waals surface area contributed by atoms with E-state index in [0.29, 0.717) is 13.2 Å². The molecule has 1 aromatic carbocycles. The van der Waals surface area contributed by atoms with Crippen LogP contribution >= 0.6 is 0 Å². The first kappa shape index (κ1) is 32.2. The smallest absolute Gasteiger partial charge is 0 e. The minimum atomic E-state index is -0.761. The van der Waals surface area contributed by atoms with Crippen molar-refractivity contribution >= 4 is 5.97 Å². The van der Waals surface area contributed by atoms with Crippen molar-refractivity contribution in [2.45, 2.75) is 57.8 Å². The van der Waals surface area contributed by atoms with Gasteiger partial charge in [0.2, 0.25) is 0 Å². The fraction of sp³-hybridized carbons (Fsp3) is 0.455. The van der Waals surface area contributed by atoms with Gasteiger partial charge in [0.15, 0.2) is 18.2 Å². The summed E-state index contributed by atoms with van der Waals surface area (Å²) in [4.78, 5) is 11.7. The molecule has 0 N–H and O–H groups in total. The van der Waals surface area contributed by atoms with Crippen LogP contribution in [0.2, 0.25) is 0 Å². The SMILES string of the molecule is C=CC(=O)O[C@H]1[C@@H](OCc2ccc(C)cc2)OC[C@@H]2OC(C)(C)O[C@H]12.[C-]#[O+].[C-]#[O+].[C-]#[O+].[Cr]. The average molecular weight is 484 g/mol. The van der Waals surface area contributed by atoms with Crippen LogP contribution in [-0.4, -0.2) is 43.0 Å². The molecule has 10 heteroatoms. The van der Waals surface area contributed by atoms with E-state index in [2.05, 4.69) is 26.5 Å². The van der Waals surface area contributed by atoms with Crippen LogP contribution in [0.3, 0.4) is 0 Å². The second-order valence-corrected chi connectivity index (χ2v) is 6.74. The molecule has 0 aliphatic carbocycles. The van der Waals surface area contributed by atoms with Gasteiger partial charge in [0.05, 0.1) is 13.2 Å². The van der Waals surface area contributed by atoms with E-state index in [1.807, 2.05) is 45.0 Å². The van der Waals surface area contributed by atoms with Crippen LogP contribution in [0.4, 0.5) is 0 Å². The molecule has 0 radical (unpaired) electrons. The largest absolute Gasteiger partial charge is 0 e. The molecule has 0 spiro atoms. The third-order valence-electron chi connectivity index (χ3n) is 4.19. The molecule has 172 valence electrons. The number of carbonyl (C=O) groups is 1. The minimum Gasteiger partial charge on any atom is 0 e. The van der Waals surface area contributed by atoms with Gasteiger partial charge in [-0.15, -0.1) is 0 Å². The van der Waals surface area contributed by atoms with E-state index in [1.165, 1.54) is 5.56 Å². The molecule has 0 unspecified atom stereocenters. The molecule has 9 nitrogen and oxygen atoms in total. The number of carbonyl (C=O) groups excluding carboxylic acids is 1.